The molecule has 1 saturated carbocycles. The van der Waals surface area contributed by atoms with Crippen molar-refractivity contribution in [3.05, 3.63) is 23.8 Å². The number of esters is 1. The zero-order chi connectivity index (χ0) is 29.3. The number of fused-ring (bicyclic) bond motifs is 5. The Balaban J connectivity index is 1.33. The molecule has 230 valence electrons. The first kappa shape index (κ1) is 30.9. The molecular formula is C33H50O8. The molecule has 8 heteroatoms. The van der Waals surface area contributed by atoms with Gasteiger partial charge in [-0.25, -0.2) is 0 Å². The molecule has 41 heavy (non-hydrogen) atoms. The van der Waals surface area contributed by atoms with Crippen LogP contribution in [0.15, 0.2) is 23.8 Å². The molecule has 0 N–H and O–H groups in total. The molecule has 5 aliphatic rings. The maximum atomic E-state index is 13.7. The fourth-order valence-electron chi connectivity index (χ4n) is 8.31. The van der Waals surface area contributed by atoms with E-state index in [4.69, 9.17) is 28.4 Å². The van der Waals surface area contributed by atoms with Gasteiger partial charge in [-0.05, 0) is 74.7 Å². The Morgan fingerprint density at radius 2 is 1.63 bits per heavy atom. The molecule has 0 bridgehead atoms. The van der Waals surface area contributed by atoms with Crippen LogP contribution in [0.1, 0.15) is 72.1 Å². The summed E-state index contributed by atoms with van der Waals surface area (Å²) in [6.07, 6.45) is 11.6. The van der Waals surface area contributed by atoms with E-state index in [9.17, 15) is 9.59 Å². The first-order valence-electron chi connectivity index (χ1n) is 15.8. The van der Waals surface area contributed by atoms with Crippen molar-refractivity contribution in [2.75, 3.05) is 21.3 Å². The molecule has 13 atom stereocenters. The third-order valence-corrected chi connectivity index (χ3v) is 10.5. The van der Waals surface area contributed by atoms with Crippen molar-refractivity contribution in [1.29, 1.82) is 0 Å². The third kappa shape index (κ3) is 6.23. The summed E-state index contributed by atoms with van der Waals surface area (Å²) in [5.74, 6) is 0.944. The summed E-state index contributed by atoms with van der Waals surface area (Å²) < 4.78 is 36.0. The van der Waals surface area contributed by atoms with E-state index in [1.54, 1.807) is 21.3 Å². The highest BCUT2D eigenvalue weighted by Gasteiger charge is 2.52. The normalized spacial score (nSPS) is 45.1. The quantitative estimate of drug-likeness (QED) is 0.322. The Labute approximate surface area is 245 Å². The fourth-order valence-corrected chi connectivity index (χ4v) is 8.31. The van der Waals surface area contributed by atoms with Crippen LogP contribution in [-0.2, 0) is 38.0 Å². The summed E-state index contributed by atoms with van der Waals surface area (Å²) in [5.41, 5.74) is 0.852. The van der Waals surface area contributed by atoms with Crippen molar-refractivity contribution < 1.29 is 38.0 Å². The molecule has 6 unspecified atom stereocenters. The van der Waals surface area contributed by atoms with Crippen LogP contribution in [0.2, 0.25) is 0 Å². The van der Waals surface area contributed by atoms with Crippen molar-refractivity contribution >= 4 is 11.8 Å². The Morgan fingerprint density at radius 1 is 0.902 bits per heavy atom. The standard InChI is InChI=1S/C33H50O8/c1-7-21-11-9-8-10-18(2)29(35)27-16-25-23(26(27)17-28(34)40-21)13-12-20-14-22(15-24(20)25)41-33-32(38-6)31(37-5)30(36-4)19(3)39-33/h12-13,16,18-26,30-33H,7-11,14-15,17H2,1-6H3/t18-,19?,20?,21+,22-,23-,24-,25-,26+,30?,31?,32?,33?/m1/s1. The molecule has 8 nitrogen and oxygen atoms in total. The maximum absolute atomic E-state index is 13.7. The Morgan fingerprint density at radius 3 is 2.34 bits per heavy atom. The minimum Gasteiger partial charge on any atom is -0.462 e. The number of hydrogen-bond donors (Lipinski definition) is 0. The molecule has 3 fully saturated rings. The predicted molar refractivity (Wildman–Crippen MR) is 153 cm³/mol. The van der Waals surface area contributed by atoms with Gasteiger partial charge in [-0.2, -0.15) is 0 Å². The number of carbonyl (C=O) groups is 2. The molecule has 0 aromatic rings. The van der Waals surface area contributed by atoms with Crippen molar-refractivity contribution in [3.63, 3.8) is 0 Å². The number of carbonyl (C=O) groups excluding carboxylic acids is 2. The van der Waals surface area contributed by atoms with Crippen LogP contribution in [0.5, 0.6) is 0 Å². The highest BCUT2D eigenvalue weighted by molar-refractivity contribution is 5.98. The number of Topliss-reactive ketones (excluding diaryl/α,β-unsaturated/α-hetero) is 1. The van der Waals surface area contributed by atoms with Gasteiger partial charge in [-0.3, -0.25) is 9.59 Å². The lowest BCUT2D eigenvalue weighted by molar-refractivity contribution is -0.314. The minimum absolute atomic E-state index is 0.00485. The molecule has 3 aliphatic carbocycles. The molecule has 0 amide bonds. The van der Waals surface area contributed by atoms with Crippen LogP contribution in [0.4, 0.5) is 0 Å². The molecule has 0 aromatic heterocycles. The second-order valence-electron chi connectivity index (χ2n) is 12.9. The number of cyclic esters (lactones) is 1. The molecular weight excluding hydrogens is 524 g/mol. The van der Waals surface area contributed by atoms with Gasteiger partial charge in [0.05, 0.1) is 18.6 Å². The Bertz CT molecular complexity index is 992. The SMILES string of the molecule is CC[C@H]1CCCC[C@@H](C)C(=O)C2=C[C@@H]3[C@@H](C=CC4C[C@@H](OC5OC(C)C(OC)C(OC)C5OC)C[C@H]43)[C@@H]2CC(=O)O1. The van der Waals surface area contributed by atoms with Gasteiger partial charge >= 0.3 is 5.97 Å². The molecule has 5 rings (SSSR count). The monoisotopic (exact) mass is 574 g/mol. The third-order valence-electron chi connectivity index (χ3n) is 10.5. The molecule has 2 aliphatic heterocycles. The van der Waals surface area contributed by atoms with E-state index in [0.29, 0.717) is 11.8 Å². The van der Waals surface area contributed by atoms with Gasteiger partial charge in [-0.1, -0.05) is 38.5 Å². The zero-order valence-electron chi connectivity index (χ0n) is 25.7. The van der Waals surface area contributed by atoms with Crippen LogP contribution in [0.3, 0.4) is 0 Å². The first-order chi connectivity index (χ1) is 19.8. The Kier molecular flexibility index (Phi) is 10.1. The first-order valence-corrected chi connectivity index (χ1v) is 15.8. The van der Waals surface area contributed by atoms with E-state index in [0.717, 1.165) is 50.5 Å². The second kappa shape index (κ2) is 13.4. The number of ether oxygens (including phenoxy) is 6. The van der Waals surface area contributed by atoms with Crippen LogP contribution in [-0.4, -0.2) is 76.0 Å². The van der Waals surface area contributed by atoms with E-state index in [1.165, 1.54) is 0 Å². The average Bonchev–Trinajstić information content (AvgIpc) is 3.54. The van der Waals surface area contributed by atoms with Crippen LogP contribution in [0, 0.1) is 35.5 Å². The summed E-state index contributed by atoms with van der Waals surface area (Å²) in [5, 5.41) is 0. The van der Waals surface area contributed by atoms with E-state index < -0.39 is 12.4 Å². The summed E-state index contributed by atoms with van der Waals surface area (Å²) in [7, 11) is 4.98. The molecule has 0 spiro atoms. The van der Waals surface area contributed by atoms with Crippen LogP contribution >= 0.6 is 0 Å². The van der Waals surface area contributed by atoms with Crippen molar-refractivity contribution in [2.24, 2.45) is 35.5 Å². The lowest BCUT2D eigenvalue weighted by Crippen LogP contribution is -2.59. The summed E-state index contributed by atoms with van der Waals surface area (Å²) in [6, 6.07) is 0. The van der Waals surface area contributed by atoms with E-state index in [-0.39, 0.29) is 72.4 Å². The van der Waals surface area contributed by atoms with Crippen LogP contribution < -0.4 is 0 Å². The largest absolute Gasteiger partial charge is 0.462 e. The van der Waals surface area contributed by atoms with Gasteiger partial charge in [0.15, 0.2) is 12.1 Å². The average molecular weight is 575 g/mol. The van der Waals surface area contributed by atoms with E-state index in [2.05, 4.69) is 32.1 Å². The smallest absolute Gasteiger partial charge is 0.306 e. The lowest BCUT2D eigenvalue weighted by atomic mass is 9.70. The summed E-state index contributed by atoms with van der Waals surface area (Å²) >= 11 is 0. The minimum atomic E-state index is -0.558. The number of ketones is 1. The zero-order valence-corrected chi connectivity index (χ0v) is 25.7. The second-order valence-corrected chi connectivity index (χ2v) is 12.9. The van der Waals surface area contributed by atoms with Crippen molar-refractivity contribution in [1.82, 2.24) is 0 Å². The maximum Gasteiger partial charge on any atom is 0.306 e. The topological polar surface area (TPSA) is 89.5 Å². The summed E-state index contributed by atoms with van der Waals surface area (Å²) in [4.78, 5) is 26.8. The van der Waals surface area contributed by atoms with E-state index in [1.807, 2.05) is 6.92 Å². The molecule has 0 aromatic carbocycles. The van der Waals surface area contributed by atoms with Gasteiger partial charge in [0.25, 0.3) is 0 Å². The van der Waals surface area contributed by atoms with Gasteiger partial charge < -0.3 is 28.4 Å². The molecule has 0 radical (unpaired) electrons. The summed E-state index contributed by atoms with van der Waals surface area (Å²) in [6.45, 7) is 6.11. The predicted octanol–water partition coefficient (Wildman–Crippen LogP) is 5.04. The van der Waals surface area contributed by atoms with Crippen molar-refractivity contribution in [3.8, 4) is 0 Å². The molecule has 2 heterocycles. The van der Waals surface area contributed by atoms with Gasteiger partial charge in [0, 0.05) is 33.2 Å². The Hall–Kier alpha value is -1.58. The number of allylic oxidation sites excluding steroid dienone is 4. The van der Waals surface area contributed by atoms with Gasteiger partial charge in [0.2, 0.25) is 0 Å². The highest BCUT2D eigenvalue weighted by atomic mass is 16.7. The fraction of sp³-hybridized carbons (Fsp3) is 0.818. The number of methoxy groups -OCH3 is 3. The highest BCUT2D eigenvalue weighted by Crippen LogP contribution is 2.54. The van der Waals surface area contributed by atoms with Crippen LogP contribution in [0.25, 0.3) is 0 Å². The van der Waals surface area contributed by atoms with Gasteiger partial charge in [-0.15, -0.1) is 0 Å². The number of rotatable bonds is 6. The van der Waals surface area contributed by atoms with E-state index >= 15 is 0 Å². The van der Waals surface area contributed by atoms with Crippen molar-refractivity contribution in [2.45, 2.75) is 115 Å². The molecule has 2 saturated heterocycles. The van der Waals surface area contributed by atoms with Gasteiger partial charge in [0.1, 0.15) is 24.4 Å². The number of hydrogen-bond acceptors (Lipinski definition) is 8. The lowest BCUT2D eigenvalue weighted by Gasteiger charge is -2.44.